The molecule has 4 heterocycles. The van der Waals surface area contributed by atoms with Crippen LogP contribution in [0.1, 0.15) is 12.0 Å². The fourth-order valence-electron chi connectivity index (χ4n) is 4.22. The van der Waals surface area contributed by atoms with E-state index < -0.39 is 0 Å². The summed E-state index contributed by atoms with van der Waals surface area (Å²) in [6.07, 6.45) is 3.21. The molecule has 4 aromatic heterocycles. The highest BCUT2D eigenvalue weighted by Gasteiger charge is 2.18. The molecule has 0 aliphatic rings. The van der Waals surface area contributed by atoms with Gasteiger partial charge in [-0.3, -0.25) is 4.79 Å². The second-order valence-electron chi connectivity index (χ2n) is 7.97. The summed E-state index contributed by atoms with van der Waals surface area (Å²) in [7, 11) is 0. The molecule has 9 nitrogen and oxygen atoms in total. The molecule has 0 spiro atoms. The van der Waals surface area contributed by atoms with Gasteiger partial charge in [0.1, 0.15) is 17.1 Å². The Labute approximate surface area is 199 Å². The SMILES string of the molecule is N#Cc1cnn(-c2ccccn2)c1NC(=O)CCn1c2ccccc2c2nc3ccccc3nc21. The van der Waals surface area contributed by atoms with Crippen molar-refractivity contribution in [1.82, 2.24) is 29.3 Å². The van der Waals surface area contributed by atoms with E-state index in [1.807, 2.05) is 59.2 Å². The number of aryl methyl sites for hydroxylation is 1. The zero-order valence-corrected chi connectivity index (χ0v) is 18.5. The van der Waals surface area contributed by atoms with Crippen LogP contribution in [0.3, 0.4) is 0 Å². The fraction of sp³-hybridized carbons (Fsp3) is 0.0769. The molecule has 0 bridgehead atoms. The molecule has 0 unspecified atom stereocenters. The molecule has 0 saturated carbocycles. The number of nitrogens with zero attached hydrogens (tertiary/aromatic N) is 7. The van der Waals surface area contributed by atoms with Crippen molar-refractivity contribution in [2.45, 2.75) is 13.0 Å². The van der Waals surface area contributed by atoms with E-state index in [0.717, 1.165) is 33.1 Å². The van der Waals surface area contributed by atoms with Crippen molar-refractivity contribution < 1.29 is 4.79 Å². The third kappa shape index (κ3) is 3.54. The first-order valence-corrected chi connectivity index (χ1v) is 11.1. The first-order chi connectivity index (χ1) is 17.2. The van der Waals surface area contributed by atoms with Crippen LogP contribution < -0.4 is 5.32 Å². The topological polar surface area (TPSA) is 114 Å². The number of nitrogens with one attached hydrogen (secondary N) is 1. The minimum absolute atomic E-state index is 0.167. The van der Waals surface area contributed by atoms with Crippen molar-refractivity contribution in [3.05, 3.63) is 84.7 Å². The number of hydrogen-bond acceptors (Lipinski definition) is 6. The van der Waals surface area contributed by atoms with Crippen LogP contribution in [-0.4, -0.2) is 35.2 Å². The Kier molecular flexibility index (Phi) is 4.89. The minimum atomic E-state index is -0.251. The van der Waals surface area contributed by atoms with E-state index in [1.165, 1.54) is 10.9 Å². The molecule has 1 N–H and O–H groups in total. The first-order valence-electron chi connectivity index (χ1n) is 11.1. The number of carbonyl (C=O) groups excluding carboxylic acids is 1. The van der Waals surface area contributed by atoms with Crippen LogP contribution in [0.25, 0.3) is 38.9 Å². The van der Waals surface area contributed by atoms with Gasteiger partial charge in [0, 0.05) is 24.5 Å². The summed E-state index contributed by atoms with van der Waals surface area (Å²) in [5, 5.41) is 17.6. The maximum Gasteiger partial charge on any atom is 0.227 e. The highest BCUT2D eigenvalue weighted by molar-refractivity contribution is 6.06. The van der Waals surface area contributed by atoms with Crippen LogP contribution in [0.4, 0.5) is 5.82 Å². The molecule has 0 fully saturated rings. The van der Waals surface area contributed by atoms with E-state index in [4.69, 9.17) is 9.97 Å². The number of hydrogen-bond donors (Lipinski definition) is 1. The second kappa shape index (κ2) is 8.35. The fourth-order valence-corrected chi connectivity index (χ4v) is 4.22. The number of rotatable bonds is 5. The molecule has 35 heavy (non-hydrogen) atoms. The lowest BCUT2D eigenvalue weighted by Crippen LogP contribution is -2.18. The molecule has 2 aromatic carbocycles. The van der Waals surface area contributed by atoms with Crippen molar-refractivity contribution in [2.24, 2.45) is 0 Å². The van der Waals surface area contributed by atoms with Crippen molar-refractivity contribution in [3.63, 3.8) is 0 Å². The molecule has 168 valence electrons. The molecule has 0 aliphatic carbocycles. The number of benzene rings is 2. The van der Waals surface area contributed by atoms with Gasteiger partial charge in [-0.1, -0.05) is 36.4 Å². The maximum absolute atomic E-state index is 13.0. The lowest BCUT2D eigenvalue weighted by atomic mass is 10.2. The Morgan fingerprint density at radius 1 is 0.971 bits per heavy atom. The Hall–Kier alpha value is -5.10. The highest BCUT2D eigenvalue weighted by Crippen LogP contribution is 2.28. The van der Waals surface area contributed by atoms with E-state index in [2.05, 4.69) is 21.5 Å². The third-order valence-corrected chi connectivity index (χ3v) is 5.83. The molecule has 9 heteroatoms. The van der Waals surface area contributed by atoms with Gasteiger partial charge in [-0.2, -0.15) is 15.0 Å². The lowest BCUT2D eigenvalue weighted by Gasteiger charge is -2.10. The van der Waals surface area contributed by atoms with Gasteiger partial charge >= 0.3 is 0 Å². The predicted molar refractivity (Wildman–Crippen MR) is 132 cm³/mol. The zero-order chi connectivity index (χ0) is 23.8. The molecule has 0 atom stereocenters. The van der Waals surface area contributed by atoms with Crippen molar-refractivity contribution in [2.75, 3.05) is 5.32 Å². The van der Waals surface area contributed by atoms with Crippen LogP contribution in [0.2, 0.25) is 0 Å². The number of amides is 1. The van der Waals surface area contributed by atoms with Gasteiger partial charge in [-0.15, -0.1) is 0 Å². The Morgan fingerprint density at radius 2 is 1.74 bits per heavy atom. The lowest BCUT2D eigenvalue weighted by molar-refractivity contribution is -0.116. The van der Waals surface area contributed by atoms with Gasteiger partial charge in [0.15, 0.2) is 17.3 Å². The number of para-hydroxylation sites is 3. The van der Waals surface area contributed by atoms with Crippen molar-refractivity contribution in [1.29, 1.82) is 5.26 Å². The van der Waals surface area contributed by atoms with Crippen LogP contribution >= 0.6 is 0 Å². The van der Waals surface area contributed by atoms with E-state index >= 15 is 0 Å². The van der Waals surface area contributed by atoms with E-state index in [0.29, 0.717) is 18.2 Å². The Balaban J connectivity index is 1.33. The third-order valence-electron chi connectivity index (χ3n) is 5.83. The van der Waals surface area contributed by atoms with Crippen LogP contribution in [-0.2, 0) is 11.3 Å². The summed E-state index contributed by atoms with van der Waals surface area (Å²) < 4.78 is 3.47. The van der Waals surface area contributed by atoms with Gasteiger partial charge in [0.2, 0.25) is 5.91 Å². The monoisotopic (exact) mass is 458 g/mol. The summed E-state index contributed by atoms with van der Waals surface area (Å²) in [5.41, 5.74) is 4.38. The Morgan fingerprint density at radius 3 is 2.54 bits per heavy atom. The quantitative estimate of drug-likeness (QED) is 0.414. The largest absolute Gasteiger partial charge is 0.323 e. The summed E-state index contributed by atoms with van der Waals surface area (Å²) >= 11 is 0. The van der Waals surface area contributed by atoms with Crippen molar-refractivity contribution >= 4 is 44.8 Å². The van der Waals surface area contributed by atoms with Gasteiger partial charge < -0.3 is 9.88 Å². The average Bonchev–Trinajstić information content (AvgIpc) is 3.44. The molecule has 6 rings (SSSR count). The number of nitriles is 1. The number of fused-ring (bicyclic) bond motifs is 4. The molecular formula is C26H18N8O. The summed E-state index contributed by atoms with van der Waals surface area (Å²) in [5.74, 6) is 0.553. The van der Waals surface area contributed by atoms with Crippen LogP contribution in [0.5, 0.6) is 0 Å². The van der Waals surface area contributed by atoms with E-state index in [1.54, 1.807) is 18.3 Å². The zero-order valence-electron chi connectivity index (χ0n) is 18.5. The van der Waals surface area contributed by atoms with Crippen LogP contribution in [0, 0.1) is 11.3 Å². The average molecular weight is 458 g/mol. The second-order valence-corrected chi connectivity index (χ2v) is 7.97. The highest BCUT2D eigenvalue weighted by atomic mass is 16.1. The molecule has 1 amide bonds. The Bertz CT molecular complexity index is 1760. The summed E-state index contributed by atoms with van der Waals surface area (Å²) in [6, 6.07) is 23.1. The predicted octanol–water partition coefficient (Wildman–Crippen LogP) is 4.22. The first kappa shape index (κ1) is 20.5. The van der Waals surface area contributed by atoms with Crippen LogP contribution in [0.15, 0.2) is 79.1 Å². The summed E-state index contributed by atoms with van der Waals surface area (Å²) in [6.45, 7) is 0.391. The normalized spacial score (nSPS) is 11.2. The standard InChI is InChI=1S/C26H18N8O/c27-15-17-16-29-34(22-11-5-6-13-28-22)25(17)32-23(35)12-14-33-21-10-4-1-7-18(21)24-26(33)31-20-9-3-2-8-19(20)30-24/h1-11,13,16H,12,14H2,(H,32,35). The van der Waals surface area contributed by atoms with E-state index in [9.17, 15) is 10.1 Å². The summed E-state index contributed by atoms with van der Waals surface area (Å²) in [4.78, 5) is 27.0. The number of aromatic nitrogens is 6. The van der Waals surface area contributed by atoms with Gasteiger partial charge in [-0.25, -0.2) is 15.0 Å². The van der Waals surface area contributed by atoms with Crippen molar-refractivity contribution in [3.8, 4) is 11.9 Å². The number of pyridine rings is 1. The molecule has 0 radical (unpaired) electrons. The number of carbonyl (C=O) groups is 1. The molecule has 6 aromatic rings. The molecule has 0 saturated heterocycles. The smallest absolute Gasteiger partial charge is 0.227 e. The molecular weight excluding hydrogens is 440 g/mol. The number of anilines is 1. The van der Waals surface area contributed by atoms with Gasteiger partial charge in [-0.05, 0) is 30.3 Å². The maximum atomic E-state index is 13.0. The molecule has 0 aliphatic heterocycles. The minimum Gasteiger partial charge on any atom is -0.323 e. The van der Waals surface area contributed by atoms with Gasteiger partial charge in [0.05, 0.1) is 22.7 Å². The van der Waals surface area contributed by atoms with E-state index in [-0.39, 0.29) is 17.9 Å². The van der Waals surface area contributed by atoms with Gasteiger partial charge in [0.25, 0.3) is 0 Å².